The molecule has 2 amide bonds. The SMILES string of the molecule is Cc1ncc(-c2ccnc(NC(=O)N3c4nc(C(=O)C[C@H](C)C(F)(F)F)cc(C)c4N4CC[C@H]3C4)c2)o1. The van der Waals surface area contributed by atoms with Gasteiger partial charge in [-0.1, -0.05) is 6.92 Å². The fourth-order valence-electron chi connectivity index (χ4n) is 4.76. The number of nitrogens with zero attached hydrogens (tertiary/aromatic N) is 5. The van der Waals surface area contributed by atoms with Crippen LogP contribution in [-0.4, -0.2) is 52.1 Å². The fraction of sp³-hybridized carbons (Fsp3) is 0.400. The molecule has 1 fully saturated rings. The Bertz CT molecular complexity index is 1370. The van der Waals surface area contributed by atoms with E-state index in [9.17, 15) is 22.8 Å². The quantitative estimate of drug-likeness (QED) is 0.470. The minimum Gasteiger partial charge on any atom is -0.441 e. The number of carbonyl (C=O) groups is 2. The molecule has 194 valence electrons. The average Bonchev–Trinajstić information content (AvgIpc) is 3.45. The number of aromatic nitrogens is 3. The molecule has 2 aliphatic rings. The molecule has 2 aliphatic heterocycles. The van der Waals surface area contributed by atoms with Gasteiger partial charge in [0.2, 0.25) is 0 Å². The Labute approximate surface area is 210 Å². The first-order valence-electron chi connectivity index (χ1n) is 11.9. The van der Waals surface area contributed by atoms with E-state index in [-0.39, 0.29) is 23.4 Å². The van der Waals surface area contributed by atoms with Crippen LogP contribution in [0, 0.1) is 19.8 Å². The van der Waals surface area contributed by atoms with Crippen LogP contribution in [-0.2, 0) is 0 Å². The monoisotopic (exact) mass is 514 g/mol. The van der Waals surface area contributed by atoms with Crippen molar-refractivity contribution in [3.63, 3.8) is 0 Å². The molecule has 0 radical (unpaired) electrons. The van der Waals surface area contributed by atoms with Crippen molar-refractivity contribution < 1.29 is 27.2 Å². The molecule has 0 aromatic carbocycles. The number of Topliss-reactive ketones (excluding diaryl/α,β-unsaturated/α-hetero) is 1. The van der Waals surface area contributed by atoms with Crippen molar-refractivity contribution in [3.05, 3.63) is 47.7 Å². The minimum atomic E-state index is -4.48. The normalized spacial score (nSPS) is 17.5. The summed E-state index contributed by atoms with van der Waals surface area (Å²) in [6.07, 6.45) is -1.41. The van der Waals surface area contributed by atoms with Crippen LogP contribution < -0.4 is 15.1 Å². The van der Waals surface area contributed by atoms with E-state index in [1.807, 2.05) is 0 Å². The molecule has 5 heterocycles. The number of hydrogen-bond donors (Lipinski definition) is 1. The van der Waals surface area contributed by atoms with Crippen molar-refractivity contribution in [2.75, 3.05) is 28.2 Å². The summed E-state index contributed by atoms with van der Waals surface area (Å²) >= 11 is 0. The summed E-state index contributed by atoms with van der Waals surface area (Å²) in [4.78, 5) is 42.6. The van der Waals surface area contributed by atoms with Gasteiger partial charge in [0.1, 0.15) is 11.5 Å². The second kappa shape index (κ2) is 9.16. The number of aryl methyl sites for hydroxylation is 2. The van der Waals surface area contributed by atoms with Crippen LogP contribution in [0.15, 0.2) is 35.0 Å². The van der Waals surface area contributed by atoms with E-state index in [1.54, 1.807) is 32.2 Å². The molecule has 0 unspecified atom stereocenters. The van der Waals surface area contributed by atoms with Crippen molar-refractivity contribution in [3.8, 4) is 11.3 Å². The van der Waals surface area contributed by atoms with Crippen molar-refractivity contribution in [2.45, 2.75) is 45.8 Å². The zero-order valence-corrected chi connectivity index (χ0v) is 20.5. The molecule has 9 nitrogen and oxygen atoms in total. The van der Waals surface area contributed by atoms with Crippen LogP contribution in [0.5, 0.6) is 0 Å². The zero-order chi connectivity index (χ0) is 26.5. The van der Waals surface area contributed by atoms with Crippen LogP contribution in [0.25, 0.3) is 11.3 Å². The van der Waals surface area contributed by atoms with Crippen LogP contribution in [0.2, 0.25) is 0 Å². The summed E-state index contributed by atoms with van der Waals surface area (Å²) in [7, 11) is 0. The van der Waals surface area contributed by atoms with Gasteiger partial charge in [0.05, 0.1) is 23.8 Å². The third-order valence-corrected chi connectivity index (χ3v) is 6.69. The molecule has 0 saturated carbocycles. The van der Waals surface area contributed by atoms with Crippen molar-refractivity contribution in [1.29, 1.82) is 0 Å². The lowest BCUT2D eigenvalue weighted by atomic mass is 10.0. The lowest BCUT2D eigenvalue weighted by molar-refractivity contribution is -0.168. The summed E-state index contributed by atoms with van der Waals surface area (Å²) in [5.74, 6) is -0.953. The van der Waals surface area contributed by atoms with Gasteiger partial charge >= 0.3 is 12.2 Å². The third kappa shape index (κ3) is 4.75. The maximum atomic E-state index is 13.5. The van der Waals surface area contributed by atoms with E-state index >= 15 is 0 Å². The number of hydrogen-bond acceptors (Lipinski definition) is 7. The molecule has 2 bridgehead atoms. The van der Waals surface area contributed by atoms with Crippen LogP contribution in [0.1, 0.15) is 41.7 Å². The highest BCUT2D eigenvalue weighted by molar-refractivity contribution is 6.05. The molecule has 0 spiro atoms. The smallest absolute Gasteiger partial charge is 0.391 e. The van der Waals surface area contributed by atoms with Crippen LogP contribution in [0.4, 0.5) is 35.3 Å². The number of pyridine rings is 2. The minimum absolute atomic E-state index is 0.0894. The molecule has 0 aliphatic carbocycles. The summed E-state index contributed by atoms with van der Waals surface area (Å²) in [6, 6.07) is 4.18. The molecule has 12 heteroatoms. The molecule has 2 atom stereocenters. The number of nitrogens with one attached hydrogen (secondary N) is 1. The molecule has 3 aromatic heterocycles. The molecule has 1 N–H and O–H groups in total. The number of alkyl halides is 3. The van der Waals surface area contributed by atoms with E-state index in [1.165, 1.54) is 17.2 Å². The van der Waals surface area contributed by atoms with E-state index in [2.05, 4.69) is 25.2 Å². The number of ketones is 1. The number of amides is 2. The maximum Gasteiger partial charge on any atom is 0.391 e. The zero-order valence-electron chi connectivity index (χ0n) is 20.5. The van der Waals surface area contributed by atoms with Crippen LogP contribution in [0.3, 0.4) is 0 Å². The second-order valence-corrected chi connectivity index (χ2v) is 9.43. The predicted molar refractivity (Wildman–Crippen MR) is 130 cm³/mol. The van der Waals surface area contributed by atoms with E-state index in [4.69, 9.17) is 4.42 Å². The van der Waals surface area contributed by atoms with Gasteiger partial charge in [-0.05, 0) is 37.1 Å². The van der Waals surface area contributed by atoms with Gasteiger partial charge < -0.3 is 9.32 Å². The lowest BCUT2D eigenvalue weighted by Crippen LogP contribution is -2.48. The summed E-state index contributed by atoms with van der Waals surface area (Å²) < 4.78 is 44.7. The number of urea groups is 1. The van der Waals surface area contributed by atoms with E-state index in [0.717, 1.165) is 6.92 Å². The third-order valence-electron chi connectivity index (χ3n) is 6.69. The number of rotatable bonds is 5. The molecule has 3 aromatic rings. The molecular formula is C25H25F3N6O3. The molecule has 1 saturated heterocycles. The fourth-order valence-corrected chi connectivity index (χ4v) is 4.76. The highest BCUT2D eigenvalue weighted by Gasteiger charge is 2.42. The summed E-state index contributed by atoms with van der Waals surface area (Å²) in [5.41, 5.74) is 1.96. The Morgan fingerprint density at radius 2 is 2.03 bits per heavy atom. The largest absolute Gasteiger partial charge is 0.441 e. The van der Waals surface area contributed by atoms with Crippen molar-refractivity contribution in [1.82, 2.24) is 15.0 Å². The Morgan fingerprint density at radius 3 is 2.73 bits per heavy atom. The Kier molecular flexibility index (Phi) is 6.12. The number of carbonyl (C=O) groups excluding carboxylic acids is 2. The second-order valence-electron chi connectivity index (χ2n) is 9.43. The van der Waals surface area contributed by atoms with Gasteiger partial charge in [0.25, 0.3) is 0 Å². The van der Waals surface area contributed by atoms with E-state index < -0.39 is 30.3 Å². The highest BCUT2D eigenvalue weighted by atomic mass is 19.4. The Hall–Kier alpha value is -3.96. The number of anilines is 3. The highest BCUT2D eigenvalue weighted by Crippen LogP contribution is 2.42. The first-order chi connectivity index (χ1) is 17.5. The Balaban J connectivity index is 1.45. The summed E-state index contributed by atoms with van der Waals surface area (Å²) in [5, 5.41) is 2.79. The first-order valence-corrected chi connectivity index (χ1v) is 11.9. The van der Waals surface area contributed by atoms with Gasteiger partial charge in [-0.15, -0.1) is 0 Å². The lowest BCUT2D eigenvalue weighted by Gasteiger charge is -2.36. The molecule has 37 heavy (non-hydrogen) atoms. The molecular weight excluding hydrogens is 489 g/mol. The van der Waals surface area contributed by atoms with Crippen LogP contribution >= 0.6 is 0 Å². The predicted octanol–water partition coefficient (Wildman–Crippen LogP) is 5.15. The number of oxazole rings is 1. The average molecular weight is 515 g/mol. The van der Waals surface area contributed by atoms with E-state index in [0.29, 0.717) is 48.0 Å². The first kappa shape index (κ1) is 24.7. The standard InChI is InChI=1S/C25H25F3N6O3/c1-13-8-18(19(35)9-14(2)25(26,27)28)31-23-22(13)33-7-5-17(12-33)34(23)24(36)32-21-10-16(4-6-29-21)20-11-30-15(3)37-20/h4,6,8,10-11,14,17H,5,7,9,12H2,1-3H3,(H,29,32,36)/t14-,17-/m0/s1. The van der Waals surface area contributed by atoms with Crippen molar-refractivity contribution in [2.24, 2.45) is 5.92 Å². The van der Waals surface area contributed by atoms with Gasteiger partial charge in [-0.3, -0.25) is 15.0 Å². The number of halogens is 3. The van der Waals surface area contributed by atoms with Gasteiger partial charge in [-0.25, -0.2) is 19.7 Å². The van der Waals surface area contributed by atoms with Gasteiger partial charge in [-0.2, -0.15) is 13.2 Å². The molecule has 5 rings (SSSR count). The topological polar surface area (TPSA) is 104 Å². The van der Waals surface area contributed by atoms with Gasteiger partial charge in [0, 0.05) is 38.2 Å². The Morgan fingerprint density at radius 1 is 1.24 bits per heavy atom. The number of fused-ring (bicyclic) bond motifs is 4. The van der Waals surface area contributed by atoms with Gasteiger partial charge in [0.15, 0.2) is 23.3 Å². The maximum absolute atomic E-state index is 13.5. The summed E-state index contributed by atoms with van der Waals surface area (Å²) in [6.45, 7) is 5.75. The van der Waals surface area contributed by atoms with Crippen molar-refractivity contribution >= 4 is 29.1 Å².